The van der Waals surface area contributed by atoms with Crippen molar-refractivity contribution in [3.05, 3.63) is 59.7 Å². The van der Waals surface area contributed by atoms with Crippen LogP contribution in [0.25, 0.3) is 0 Å². The number of ether oxygens (including phenoxy) is 1. The summed E-state index contributed by atoms with van der Waals surface area (Å²) in [6.45, 7) is 4.09. The molecule has 0 aliphatic carbocycles. The fraction of sp³-hybridized carbons (Fsp3) is 0.458. The molecule has 0 saturated carbocycles. The molecule has 2 aliphatic heterocycles. The molecule has 1 amide bonds. The van der Waals surface area contributed by atoms with Crippen molar-refractivity contribution in [1.29, 1.82) is 0 Å². The minimum absolute atomic E-state index is 0.138. The minimum Gasteiger partial charge on any atom is -0.379 e. The fourth-order valence-corrected chi connectivity index (χ4v) is 7.21. The van der Waals surface area contributed by atoms with Crippen molar-refractivity contribution in [2.75, 3.05) is 39.4 Å². The smallest absolute Gasteiger partial charge is 0.243 e. The number of nitrogens with zero attached hydrogens (tertiary/aromatic N) is 2. The molecule has 2 heterocycles. The lowest BCUT2D eigenvalue weighted by molar-refractivity contribution is -0.126. The monoisotopic (exact) mass is 521 g/mol. The normalized spacial score (nSPS) is 20.4. The van der Waals surface area contributed by atoms with Crippen LogP contribution in [0.2, 0.25) is 0 Å². The van der Waals surface area contributed by atoms with E-state index in [0.717, 1.165) is 11.1 Å². The number of carbonyl (C=O) groups is 1. The number of nitrogens with one attached hydrogen (secondary N) is 1. The molecule has 35 heavy (non-hydrogen) atoms. The Labute approximate surface area is 207 Å². The van der Waals surface area contributed by atoms with Crippen LogP contribution >= 0.6 is 0 Å². The SMILES string of the molecule is Cc1ccc(S(=O)(=O)N2CCCC(C(=O)NCc3ccc(S(=O)(=O)N4CCOCC4)cc3)C2)cc1. The summed E-state index contributed by atoms with van der Waals surface area (Å²) in [4.78, 5) is 13.3. The van der Waals surface area contributed by atoms with Gasteiger partial charge in [-0.3, -0.25) is 4.79 Å². The lowest BCUT2D eigenvalue weighted by Gasteiger charge is -2.31. The molecule has 2 aromatic rings. The second-order valence-corrected chi connectivity index (χ2v) is 12.8. The van der Waals surface area contributed by atoms with Gasteiger partial charge in [0.1, 0.15) is 0 Å². The van der Waals surface area contributed by atoms with Crippen LogP contribution in [-0.2, 0) is 36.1 Å². The maximum atomic E-state index is 13.0. The number of aryl methyl sites for hydroxylation is 1. The van der Waals surface area contributed by atoms with E-state index in [1.165, 1.54) is 8.61 Å². The molecule has 0 aromatic heterocycles. The number of amides is 1. The number of benzene rings is 2. The lowest BCUT2D eigenvalue weighted by atomic mass is 9.99. The molecule has 11 heteroatoms. The number of carbonyl (C=O) groups excluding carboxylic acids is 1. The quantitative estimate of drug-likeness (QED) is 0.594. The molecule has 2 aliphatic rings. The third-order valence-corrected chi connectivity index (χ3v) is 10.2. The van der Waals surface area contributed by atoms with Gasteiger partial charge in [0.05, 0.1) is 28.9 Å². The number of hydrogen-bond acceptors (Lipinski definition) is 6. The molecule has 2 fully saturated rings. The molecule has 1 atom stereocenters. The predicted molar refractivity (Wildman–Crippen MR) is 131 cm³/mol. The van der Waals surface area contributed by atoms with Gasteiger partial charge >= 0.3 is 0 Å². The van der Waals surface area contributed by atoms with E-state index in [-0.39, 0.29) is 28.8 Å². The van der Waals surface area contributed by atoms with E-state index < -0.39 is 26.0 Å². The van der Waals surface area contributed by atoms with Crippen molar-refractivity contribution in [3.8, 4) is 0 Å². The van der Waals surface area contributed by atoms with Crippen LogP contribution in [0.4, 0.5) is 0 Å². The first kappa shape index (κ1) is 25.8. The van der Waals surface area contributed by atoms with Gasteiger partial charge in [-0.1, -0.05) is 29.8 Å². The van der Waals surface area contributed by atoms with E-state index in [1.54, 1.807) is 48.5 Å². The molecule has 9 nitrogen and oxygen atoms in total. The van der Waals surface area contributed by atoms with E-state index in [1.807, 2.05) is 6.92 Å². The minimum atomic E-state index is -3.66. The highest BCUT2D eigenvalue weighted by atomic mass is 32.2. The zero-order chi connectivity index (χ0) is 25.1. The highest BCUT2D eigenvalue weighted by Crippen LogP contribution is 2.24. The topological polar surface area (TPSA) is 113 Å². The van der Waals surface area contributed by atoms with E-state index in [4.69, 9.17) is 4.74 Å². The molecule has 190 valence electrons. The largest absolute Gasteiger partial charge is 0.379 e. The number of piperidine rings is 1. The number of rotatable bonds is 7. The second-order valence-electron chi connectivity index (χ2n) is 8.89. The van der Waals surface area contributed by atoms with Crippen LogP contribution in [0.15, 0.2) is 58.3 Å². The van der Waals surface area contributed by atoms with Crippen LogP contribution in [-0.4, -0.2) is 70.7 Å². The van der Waals surface area contributed by atoms with Gasteiger partial charge in [-0.2, -0.15) is 8.61 Å². The molecule has 1 unspecified atom stereocenters. The van der Waals surface area contributed by atoms with Crippen molar-refractivity contribution in [2.45, 2.75) is 36.1 Å². The Balaban J connectivity index is 1.34. The summed E-state index contributed by atoms with van der Waals surface area (Å²) in [7, 11) is -7.23. The molecule has 0 radical (unpaired) electrons. The van der Waals surface area contributed by atoms with Crippen LogP contribution in [0, 0.1) is 12.8 Å². The zero-order valence-electron chi connectivity index (χ0n) is 19.7. The maximum absolute atomic E-state index is 13.0. The second kappa shape index (κ2) is 10.8. The highest BCUT2D eigenvalue weighted by molar-refractivity contribution is 7.89. The summed E-state index contributed by atoms with van der Waals surface area (Å²) in [5, 5.41) is 2.87. The van der Waals surface area contributed by atoms with E-state index >= 15 is 0 Å². The Morgan fingerprint density at radius 3 is 2.09 bits per heavy atom. The lowest BCUT2D eigenvalue weighted by Crippen LogP contribution is -2.45. The Morgan fingerprint density at radius 1 is 0.886 bits per heavy atom. The van der Waals surface area contributed by atoms with Gasteiger partial charge in [0.2, 0.25) is 26.0 Å². The van der Waals surface area contributed by atoms with Crippen LogP contribution in [0.3, 0.4) is 0 Å². The van der Waals surface area contributed by atoms with E-state index in [9.17, 15) is 21.6 Å². The van der Waals surface area contributed by atoms with E-state index in [0.29, 0.717) is 45.7 Å². The fourth-order valence-electron chi connectivity index (χ4n) is 4.28. The van der Waals surface area contributed by atoms with Gasteiger partial charge in [-0.25, -0.2) is 16.8 Å². The Hall–Kier alpha value is -2.31. The summed E-state index contributed by atoms with van der Waals surface area (Å²) < 4.78 is 59.5. The van der Waals surface area contributed by atoms with Crippen molar-refractivity contribution in [2.24, 2.45) is 5.92 Å². The van der Waals surface area contributed by atoms with Gasteiger partial charge in [-0.05, 0) is 49.6 Å². The first-order valence-electron chi connectivity index (χ1n) is 11.7. The summed E-state index contributed by atoms with van der Waals surface area (Å²) >= 11 is 0. The van der Waals surface area contributed by atoms with Crippen LogP contribution in [0.1, 0.15) is 24.0 Å². The Bertz CT molecular complexity index is 1240. The maximum Gasteiger partial charge on any atom is 0.243 e. The van der Waals surface area contributed by atoms with Crippen LogP contribution in [0.5, 0.6) is 0 Å². The molecule has 2 aromatic carbocycles. The number of hydrogen-bond donors (Lipinski definition) is 1. The first-order valence-corrected chi connectivity index (χ1v) is 14.6. The molecular formula is C24H31N3O6S2. The zero-order valence-corrected chi connectivity index (χ0v) is 21.4. The molecular weight excluding hydrogens is 490 g/mol. The summed E-state index contributed by atoms with van der Waals surface area (Å²) in [6, 6.07) is 13.2. The number of sulfonamides is 2. The van der Waals surface area contributed by atoms with Gasteiger partial charge in [0.15, 0.2) is 0 Å². The highest BCUT2D eigenvalue weighted by Gasteiger charge is 2.33. The van der Waals surface area contributed by atoms with Gasteiger partial charge < -0.3 is 10.1 Å². The Kier molecular flexibility index (Phi) is 7.92. The third kappa shape index (κ3) is 5.92. The first-order chi connectivity index (χ1) is 16.7. The average molecular weight is 522 g/mol. The van der Waals surface area contributed by atoms with Crippen molar-refractivity contribution in [1.82, 2.24) is 13.9 Å². The van der Waals surface area contributed by atoms with E-state index in [2.05, 4.69) is 5.32 Å². The molecule has 2 saturated heterocycles. The van der Waals surface area contributed by atoms with Gasteiger partial charge in [-0.15, -0.1) is 0 Å². The predicted octanol–water partition coefficient (Wildman–Crippen LogP) is 1.73. The molecule has 0 bridgehead atoms. The van der Waals surface area contributed by atoms with Crippen molar-refractivity contribution >= 4 is 26.0 Å². The summed E-state index contributed by atoms with van der Waals surface area (Å²) in [5.41, 5.74) is 1.74. The van der Waals surface area contributed by atoms with Gasteiger partial charge in [0.25, 0.3) is 0 Å². The van der Waals surface area contributed by atoms with Crippen LogP contribution < -0.4 is 5.32 Å². The van der Waals surface area contributed by atoms with Gasteiger partial charge in [0, 0.05) is 32.7 Å². The van der Waals surface area contributed by atoms with Crippen molar-refractivity contribution in [3.63, 3.8) is 0 Å². The Morgan fingerprint density at radius 2 is 1.46 bits per heavy atom. The molecule has 1 N–H and O–H groups in total. The molecule has 4 rings (SSSR count). The summed E-state index contributed by atoms with van der Waals surface area (Å²) in [5.74, 6) is -0.649. The van der Waals surface area contributed by atoms with Crippen molar-refractivity contribution < 1.29 is 26.4 Å². The molecule has 0 spiro atoms. The summed E-state index contributed by atoms with van der Waals surface area (Å²) in [6.07, 6.45) is 1.22. The average Bonchev–Trinajstić information content (AvgIpc) is 2.88. The number of morpholine rings is 1. The third-order valence-electron chi connectivity index (χ3n) is 6.41. The standard InChI is InChI=1S/C24H31N3O6S2/c1-19-4-8-22(9-5-19)35(31,32)27-12-2-3-21(18-27)24(28)25-17-20-6-10-23(11-7-20)34(29,30)26-13-15-33-16-14-26/h4-11,21H,2-3,12-18H2,1H3,(H,25,28).